The Labute approximate surface area is 119 Å². The van der Waals surface area contributed by atoms with Crippen LogP contribution in [0.2, 0.25) is 5.15 Å². The third-order valence-electron chi connectivity index (χ3n) is 3.01. The molecule has 2 atom stereocenters. The number of carbonyl (C=O) groups excluding carboxylic acids is 1. The molecule has 0 saturated carbocycles. The van der Waals surface area contributed by atoms with Gasteiger partial charge in [0.05, 0.1) is 6.54 Å². The zero-order valence-corrected chi connectivity index (χ0v) is 11.4. The standard InChI is InChI=1S/C12H13ClFN3O3/c1-12(14)5-7(17(6-12)11(19)20)10(18)16-9-4-2-3-8(13)15-9/h2-4,7H,5-6H2,1H3,(H,19,20)(H,15,16,18). The van der Waals surface area contributed by atoms with Crippen molar-refractivity contribution in [1.29, 1.82) is 0 Å². The number of carboxylic acid groups (broad SMARTS) is 1. The quantitative estimate of drug-likeness (QED) is 0.820. The minimum Gasteiger partial charge on any atom is -0.465 e. The maximum atomic E-state index is 13.9. The molecule has 2 heterocycles. The molecule has 20 heavy (non-hydrogen) atoms. The Morgan fingerprint density at radius 3 is 2.90 bits per heavy atom. The van der Waals surface area contributed by atoms with Crippen molar-refractivity contribution < 1.29 is 19.1 Å². The summed E-state index contributed by atoms with van der Waals surface area (Å²) >= 11 is 5.69. The molecule has 1 aliphatic rings. The first kappa shape index (κ1) is 14.5. The van der Waals surface area contributed by atoms with E-state index in [0.717, 1.165) is 4.90 Å². The number of nitrogens with zero attached hydrogens (tertiary/aromatic N) is 2. The molecule has 1 saturated heterocycles. The summed E-state index contributed by atoms with van der Waals surface area (Å²) in [4.78, 5) is 27.8. The monoisotopic (exact) mass is 301 g/mol. The second kappa shape index (κ2) is 5.24. The van der Waals surface area contributed by atoms with Crippen molar-refractivity contribution in [2.24, 2.45) is 0 Å². The van der Waals surface area contributed by atoms with Crippen LogP contribution in [0.3, 0.4) is 0 Å². The van der Waals surface area contributed by atoms with E-state index in [1.54, 1.807) is 6.07 Å². The van der Waals surface area contributed by atoms with Gasteiger partial charge in [0.25, 0.3) is 0 Å². The van der Waals surface area contributed by atoms with Crippen LogP contribution >= 0.6 is 11.6 Å². The molecular weight excluding hydrogens is 289 g/mol. The summed E-state index contributed by atoms with van der Waals surface area (Å²) in [6.45, 7) is 0.942. The van der Waals surface area contributed by atoms with Crippen molar-refractivity contribution in [2.75, 3.05) is 11.9 Å². The molecule has 0 bridgehead atoms. The van der Waals surface area contributed by atoms with E-state index in [2.05, 4.69) is 10.3 Å². The van der Waals surface area contributed by atoms with Gasteiger partial charge < -0.3 is 10.4 Å². The molecule has 2 N–H and O–H groups in total. The minimum atomic E-state index is -1.72. The number of anilines is 1. The third kappa shape index (κ3) is 3.16. The lowest BCUT2D eigenvalue weighted by atomic mass is 10.0. The van der Waals surface area contributed by atoms with E-state index in [-0.39, 0.29) is 23.9 Å². The molecule has 1 aromatic rings. The average molecular weight is 302 g/mol. The van der Waals surface area contributed by atoms with Gasteiger partial charge in [0.1, 0.15) is 22.7 Å². The largest absolute Gasteiger partial charge is 0.465 e. The number of hydrogen-bond donors (Lipinski definition) is 2. The van der Waals surface area contributed by atoms with Gasteiger partial charge in [-0.25, -0.2) is 14.2 Å². The van der Waals surface area contributed by atoms with Crippen LogP contribution in [0.4, 0.5) is 15.0 Å². The number of aromatic nitrogens is 1. The highest BCUT2D eigenvalue weighted by Gasteiger charge is 2.46. The summed E-state index contributed by atoms with van der Waals surface area (Å²) in [5.74, 6) is -0.427. The van der Waals surface area contributed by atoms with Crippen molar-refractivity contribution in [3.8, 4) is 0 Å². The molecule has 0 aliphatic carbocycles. The number of likely N-dealkylation sites (tertiary alicyclic amines) is 1. The summed E-state index contributed by atoms with van der Waals surface area (Å²) in [5, 5.41) is 11.7. The SMILES string of the molecule is CC1(F)CC(C(=O)Nc2cccc(Cl)n2)N(C(=O)O)C1. The first-order valence-electron chi connectivity index (χ1n) is 5.90. The molecule has 1 aliphatic heterocycles. The van der Waals surface area contributed by atoms with Gasteiger partial charge in [-0.15, -0.1) is 0 Å². The lowest BCUT2D eigenvalue weighted by molar-refractivity contribution is -0.120. The van der Waals surface area contributed by atoms with Crippen molar-refractivity contribution >= 4 is 29.4 Å². The van der Waals surface area contributed by atoms with Crippen LogP contribution in [0.25, 0.3) is 0 Å². The second-order valence-electron chi connectivity index (χ2n) is 4.88. The third-order valence-corrected chi connectivity index (χ3v) is 3.22. The van der Waals surface area contributed by atoms with Crippen LogP contribution in [0, 0.1) is 0 Å². The molecule has 1 aromatic heterocycles. The Morgan fingerprint density at radius 2 is 2.30 bits per heavy atom. The number of rotatable bonds is 2. The summed E-state index contributed by atoms with van der Waals surface area (Å²) in [7, 11) is 0. The molecular formula is C12H13ClFN3O3. The minimum absolute atomic E-state index is 0.189. The Morgan fingerprint density at radius 1 is 1.60 bits per heavy atom. The predicted molar refractivity (Wildman–Crippen MR) is 70.5 cm³/mol. The molecule has 8 heteroatoms. The lowest BCUT2D eigenvalue weighted by Gasteiger charge is -2.19. The number of pyridine rings is 1. The summed E-state index contributed by atoms with van der Waals surface area (Å²) < 4.78 is 13.9. The van der Waals surface area contributed by atoms with Crippen LogP contribution in [-0.4, -0.2) is 45.2 Å². The predicted octanol–water partition coefficient (Wildman–Crippen LogP) is 2.15. The first-order chi connectivity index (χ1) is 9.28. The van der Waals surface area contributed by atoms with E-state index in [1.165, 1.54) is 19.1 Å². The normalized spacial score (nSPS) is 25.6. The summed E-state index contributed by atoms with van der Waals surface area (Å²) in [5.41, 5.74) is -1.72. The van der Waals surface area contributed by atoms with Gasteiger partial charge in [0.15, 0.2) is 0 Å². The van der Waals surface area contributed by atoms with Crippen molar-refractivity contribution in [3.63, 3.8) is 0 Å². The average Bonchev–Trinajstić information content (AvgIpc) is 2.66. The van der Waals surface area contributed by atoms with Crippen molar-refractivity contribution in [3.05, 3.63) is 23.4 Å². The number of carbonyl (C=O) groups is 2. The highest BCUT2D eigenvalue weighted by molar-refractivity contribution is 6.29. The molecule has 2 unspecified atom stereocenters. The van der Waals surface area contributed by atoms with Gasteiger partial charge in [-0.05, 0) is 19.1 Å². The highest BCUT2D eigenvalue weighted by Crippen LogP contribution is 2.30. The Bertz CT molecular complexity index is 553. The fourth-order valence-electron chi connectivity index (χ4n) is 2.17. The van der Waals surface area contributed by atoms with Crippen LogP contribution in [0.1, 0.15) is 13.3 Å². The maximum absolute atomic E-state index is 13.9. The molecule has 1 fully saturated rings. The summed E-state index contributed by atoms with van der Waals surface area (Å²) in [6, 6.07) is 3.56. The maximum Gasteiger partial charge on any atom is 0.408 e. The van der Waals surface area contributed by atoms with Gasteiger partial charge in [-0.2, -0.15) is 0 Å². The zero-order chi connectivity index (χ0) is 14.9. The molecule has 0 spiro atoms. The molecule has 2 amide bonds. The zero-order valence-electron chi connectivity index (χ0n) is 10.6. The lowest BCUT2D eigenvalue weighted by Crippen LogP contribution is -2.42. The van der Waals surface area contributed by atoms with E-state index in [0.29, 0.717) is 0 Å². The van der Waals surface area contributed by atoms with E-state index in [4.69, 9.17) is 16.7 Å². The van der Waals surface area contributed by atoms with E-state index >= 15 is 0 Å². The molecule has 0 radical (unpaired) electrons. The van der Waals surface area contributed by atoms with Crippen LogP contribution in [0.5, 0.6) is 0 Å². The van der Waals surface area contributed by atoms with Crippen LogP contribution < -0.4 is 5.32 Å². The number of amides is 2. The number of alkyl halides is 1. The number of hydrogen-bond acceptors (Lipinski definition) is 3. The Hall–Kier alpha value is -1.89. The van der Waals surface area contributed by atoms with Crippen LogP contribution in [-0.2, 0) is 4.79 Å². The fourth-order valence-corrected chi connectivity index (χ4v) is 2.33. The number of nitrogens with one attached hydrogen (secondary N) is 1. The first-order valence-corrected chi connectivity index (χ1v) is 6.28. The van der Waals surface area contributed by atoms with Crippen molar-refractivity contribution in [1.82, 2.24) is 9.88 Å². The molecule has 108 valence electrons. The highest BCUT2D eigenvalue weighted by atomic mass is 35.5. The van der Waals surface area contributed by atoms with E-state index in [9.17, 15) is 14.0 Å². The van der Waals surface area contributed by atoms with E-state index in [1.807, 2.05) is 0 Å². The summed E-state index contributed by atoms with van der Waals surface area (Å²) in [6.07, 6.45) is -1.52. The van der Waals surface area contributed by atoms with Gasteiger partial charge in [-0.1, -0.05) is 17.7 Å². The van der Waals surface area contributed by atoms with Gasteiger partial charge in [0, 0.05) is 6.42 Å². The smallest absolute Gasteiger partial charge is 0.408 e. The van der Waals surface area contributed by atoms with Crippen molar-refractivity contribution in [2.45, 2.75) is 25.1 Å². The van der Waals surface area contributed by atoms with E-state index < -0.39 is 23.7 Å². The number of halogens is 2. The van der Waals surface area contributed by atoms with Gasteiger partial charge >= 0.3 is 6.09 Å². The molecule has 0 aromatic carbocycles. The van der Waals surface area contributed by atoms with Crippen LogP contribution in [0.15, 0.2) is 18.2 Å². The van der Waals surface area contributed by atoms with Gasteiger partial charge in [0.2, 0.25) is 5.91 Å². The second-order valence-corrected chi connectivity index (χ2v) is 5.27. The van der Waals surface area contributed by atoms with Gasteiger partial charge in [-0.3, -0.25) is 9.69 Å². The topological polar surface area (TPSA) is 82.5 Å². The Balaban J connectivity index is 2.13. The fraction of sp³-hybridized carbons (Fsp3) is 0.417. The Kier molecular flexibility index (Phi) is 3.80. The molecule has 6 nitrogen and oxygen atoms in total. The molecule has 2 rings (SSSR count).